The number of ether oxygens (including phenoxy) is 1. The fourth-order valence-electron chi connectivity index (χ4n) is 3.78. The molecule has 0 radical (unpaired) electrons. The van der Waals surface area contributed by atoms with Crippen LogP contribution in [0.15, 0.2) is 64.8 Å². The van der Waals surface area contributed by atoms with Crippen molar-refractivity contribution < 1.29 is 21.6 Å². The molecule has 0 aliphatic rings. The molecule has 8 nitrogen and oxygen atoms in total. The molecule has 2 aromatic carbocycles. The van der Waals surface area contributed by atoms with Gasteiger partial charge >= 0.3 is 0 Å². The van der Waals surface area contributed by atoms with E-state index in [2.05, 4.69) is 4.98 Å². The smallest absolute Gasteiger partial charge is 0.243 e. The van der Waals surface area contributed by atoms with Crippen LogP contribution in [0.1, 0.15) is 37.6 Å². The van der Waals surface area contributed by atoms with E-state index in [1.54, 1.807) is 60.0 Å². The average Bonchev–Trinajstić information content (AvgIpc) is 3.19. The number of benzene rings is 2. The minimum absolute atomic E-state index is 0.0150. The lowest BCUT2D eigenvalue weighted by Crippen LogP contribution is -2.31. The Labute approximate surface area is 208 Å². The maximum atomic E-state index is 13.4. The first-order chi connectivity index (χ1) is 16.5. The second-order valence-corrected chi connectivity index (χ2v) is 12.7. The van der Waals surface area contributed by atoms with Gasteiger partial charge in [0.1, 0.15) is 5.75 Å². The standard InChI is InChI=1S/C25H33N3O5S2/c1-6-27(35(31,32)24-12-10-20(4)11-13-24)17-22-15-26-25(28(22)16-19(2)3)34(29,30)18-21-8-7-9-23(14-21)33-5/h7-15,19H,6,16-18H2,1-5H3. The van der Waals surface area contributed by atoms with E-state index in [9.17, 15) is 16.8 Å². The first kappa shape index (κ1) is 26.9. The molecule has 0 amide bonds. The van der Waals surface area contributed by atoms with E-state index in [0.29, 0.717) is 23.6 Å². The minimum atomic E-state index is -3.80. The summed E-state index contributed by atoms with van der Waals surface area (Å²) in [4.78, 5) is 4.46. The van der Waals surface area contributed by atoms with Crippen molar-refractivity contribution in [2.24, 2.45) is 5.92 Å². The third-order valence-corrected chi connectivity index (χ3v) is 9.10. The van der Waals surface area contributed by atoms with Gasteiger partial charge in [-0.2, -0.15) is 4.31 Å². The molecule has 35 heavy (non-hydrogen) atoms. The lowest BCUT2D eigenvalue weighted by atomic mass is 10.2. The summed E-state index contributed by atoms with van der Waals surface area (Å²) in [6.07, 6.45) is 1.47. The molecular weight excluding hydrogens is 486 g/mol. The highest BCUT2D eigenvalue weighted by Gasteiger charge is 2.28. The van der Waals surface area contributed by atoms with Gasteiger partial charge in [0.05, 0.1) is 36.2 Å². The second kappa shape index (κ2) is 10.9. The third kappa shape index (κ3) is 6.31. The van der Waals surface area contributed by atoms with Crippen molar-refractivity contribution in [2.45, 2.75) is 56.6 Å². The molecule has 0 saturated heterocycles. The van der Waals surface area contributed by atoms with Crippen molar-refractivity contribution in [1.29, 1.82) is 0 Å². The molecule has 0 atom stereocenters. The van der Waals surface area contributed by atoms with Gasteiger partial charge in [0.15, 0.2) is 0 Å². The van der Waals surface area contributed by atoms with Crippen molar-refractivity contribution in [3.8, 4) is 5.75 Å². The highest BCUT2D eigenvalue weighted by molar-refractivity contribution is 7.90. The van der Waals surface area contributed by atoms with E-state index in [0.717, 1.165) is 5.56 Å². The molecule has 0 fully saturated rings. The summed E-state index contributed by atoms with van der Waals surface area (Å²) >= 11 is 0. The van der Waals surface area contributed by atoms with Gasteiger partial charge in [-0.25, -0.2) is 21.8 Å². The number of sulfonamides is 1. The van der Waals surface area contributed by atoms with Crippen LogP contribution in [0.5, 0.6) is 5.75 Å². The molecule has 0 aliphatic carbocycles. The van der Waals surface area contributed by atoms with Gasteiger partial charge in [-0.1, -0.05) is 50.6 Å². The number of hydrogen-bond donors (Lipinski definition) is 0. The van der Waals surface area contributed by atoms with Crippen LogP contribution in [0.4, 0.5) is 0 Å². The van der Waals surface area contributed by atoms with Gasteiger partial charge in [-0.3, -0.25) is 0 Å². The molecule has 10 heteroatoms. The minimum Gasteiger partial charge on any atom is -0.497 e. The molecule has 0 bridgehead atoms. The number of methoxy groups -OCH3 is 1. The van der Waals surface area contributed by atoms with E-state index in [4.69, 9.17) is 4.74 Å². The van der Waals surface area contributed by atoms with Crippen LogP contribution in [-0.4, -0.2) is 44.3 Å². The molecule has 3 aromatic rings. The monoisotopic (exact) mass is 519 g/mol. The van der Waals surface area contributed by atoms with Gasteiger partial charge < -0.3 is 9.30 Å². The Bertz CT molecular complexity index is 1360. The summed E-state index contributed by atoms with van der Waals surface area (Å²) in [5, 5.41) is -0.0622. The number of hydrogen-bond acceptors (Lipinski definition) is 6. The lowest BCUT2D eigenvalue weighted by molar-refractivity contribution is 0.395. The molecule has 0 aliphatic heterocycles. The van der Waals surface area contributed by atoms with Crippen LogP contribution < -0.4 is 4.74 Å². The molecule has 0 saturated carbocycles. The topological polar surface area (TPSA) is 98.6 Å². The Kier molecular flexibility index (Phi) is 8.40. The number of imidazole rings is 1. The Balaban J connectivity index is 1.97. The van der Waals surface area contributed by atoms with E-state index >= 15 is 0 Å². The predicted octanol–water partition coefficient (Wildman–Crippen LogP) is 4.04. The zero-order valence-electron chi connectivity index (χ0n) is 20.8. The number of sulfone groups is 1. The summed E-state index contributed by atoms with van der Waals surface area (Å²) in [5.74, 6) is 0.457. The Morgan fingerprint density at radius 2 is 1.74 bits per heavy atom. The largest absolute Gasteiger partial charge is 0.497 e. The molecule has 3 rings (SSSR count). The fraction of sp³-hybridized carbons (Fsp3) is 0.400. The highest BCUT2D eigenvalue weighted by Crippen LogP contribution is 2.24. The molecule has 0 spiro atoms. The van der Waals surface area contributed by atoms with Crippen LogP contribution in [0, 0.1) is 12.8 Å². The first-order valence-electron chi connectivity index (χ1n) is 11.4. The second-order valence-electron chi connectivity index (χ2n) is 8.89. The maximum Gasteiger partial charge on any atom is 0.243 e. The van der Waals surface area contributed by atoms with Crippen LogP contribution >= 0.6 is 0 Å². The van der Waals surface area contributed by atoms with Crippen molar-refractivity contribution >= 4 is 19.9 Å². The van der Waals surface area contributed by atoms with E-state index < -0.39 is 19.9 Å². The molecular formula is C25H33N3O5S2. The van der Waals surface area contributed by atoms with Crippen molar-refractivity contribution in [2.75, 3.05) is 13.7 Å². The summed E-state index contributed by atoms with van der Waals surface area (Å²) < 4.78 is 61.5. The van der Waals surface area contributed by atoms with Gasteiger partial charge in [0.2, 0.25) is 25.0 Å². The average molecular weight is 520 g/mol. The molecule has 1 aromatic heterocycles. The van der Waals surface area contributed by atoms with E-state index in [-0.39, 0.29) is 34.8 Å². The quantitative estimate of drug-likeness (QED) is 0.379. The lowest BCUT2D eigenvalue weighted by Gasteiger charge is -2.22. The van der Waals surface area contributed by atoms with Gasteiger partial charge in [0, 0.05) is 13.1 Å². The number of nitrogens with zero attached hydrogens (tertiary/aromatic N) is 3. The Hall–Kier alpha value is -2.69. The van der Waals surface area contributed by atoms with Gasteiger partial charge in [-0.15, -0.1) is 0 Å². The molecule has 0 unspecified atom stereocenters. The highest BCUT2D eigenvalue weighted by atomic mass is 32.2. The number of aryl methyl sites for hydroxylation is 1. The van der Waals surface area contributed by atoms with Crippen LogP contribution in [0.2, 0.25) is 0 Å². The normalized spacial score (nSPS) is 12.4. The van der Waals surface area contributed by atoms with Crippen LogP contribution in [0.3, 0.4) is 0 Å². The number of aromatic nitrogens is 2. The van der Waals surface area contributed by atoms with Gasteiger partial charge in [0.25, 0.3) is 0 Å². The van der Waals surface area contributed by atoms with Crippen molar-refractivity contribution in [3.63, 3.8) is 0 Å². The molecule has 190 valence electrons. The zero-order valence-corrected chi connectivity index (χ0v) is 22.4. The number of rotatable bonds is 11. The molecule has 0 N–H and O–H groups in total. The summed E-state index contributed by atoms with van der Waals surface area (Å²) in [5.41, 5.74) is 2.08. The van der Waals surface area contributed by atoms with Crippen molar-refractivity contribution in [3.05, 3.63) is 71.5 Å². The predicted molar refractivity (Wildman–Crippen MR) is 135 cm³/mol. The summed E-state index contributed by atoms with van der Waals surface area (Å²) in [6, 6.07) is 13.6. The van der Waals surface area contributed by atoms with Gasteiger partial charge in [-0.05, 0) is 42.7 Å². The first-order valence-corrected chi connectivity index (χ1v) is 14.5. The van der Waals surface area contributed by atoms with E-state index in [1.165, 1.54) is 17.6 Å². The van der Waals surface area contributed by atoms with Crippen molar-refractivity contribution in [1.82, 2.24) is 13.9 Å². The zero-order chi connectivity index (χ0) is 25.8. The third-order valence-electron chi connectivity index (χ3n) is 5.57. The maximum absolute atomic E-state index is 13.4. The van der Waals surface area contributed by atoms with Crippen LogP contribution in [0.25, 0.3) is 0 Å². The fourth-order valence-corrected chi connectivity index (χ4v) is 6.69. The summed E-state index contributed by atoms with van der Waals surface area (Å²) in [7, 11) is -6.04. The SMILES string of the molecule is CCN(Cc1cnc(S(=O)(=O)Cc2cccc(OC)c2)n1CC(C)C)S(=O)(=O)c1ccc(C)cc1. The van der Waals surface area contributed by atoms with E-state index in [1.807, 2.05) is 20.8 Å². The Morgan fingerprint density at radius 3 is 2.34 bits per heavy atom. The summed E-state index contributed by atoms with van der Waals surface area (Å²) in [6.45, 7) is 8.24. The molecule has 1 heterocycles. The van der Waals surface area contributed by atoms with Crippen LogP contribution in [-0.2, 0) is 38.7 Å². The Morgan fingerprint density at radius 1 is 1.06 bits per heavy atom.